The van der Waals surface area contributed by atoms with Gasteiger partial charge in [-0.1, -0.05) is 23.8 Å². The average Bonchev–Trinajstić information content (AvgIpc) is 2.65. The third-order valence-corrected chi connectivity index (χ3v) is 5.26. The summed E-state index contributed by atoms with van der Waals surface area (Å²) in [5.41, 5.74) is 5.23. The van der Waals surface area contributed by atoms with Crippen LogP contribution in [0.15, 0.2) is 36.4 Å². The largest absolute Gasteiger partial charge is 0.347 e. The predicted molar refractivity (Wildman–Crippen MR) is 113 cm³/mol. The zero-order chi connectivity index (χ0) is 21.3. The maximum absolute atomic E-state index is 13.4. The van der Waals surface area contributed by atoms with Gasteiger partial charge in [0.25, 0.3) is 5.91 Å². The summed E-state index contributed by atoms with van der Waals surface area (Å²) in [7, 11) is 3.41. The van der Waals surface area contributed by atoms with Crippen LogP contribution in [0.3, 0.4) is 0 Å². The van der Waals surface area contributed by atoms with Crippen molar-refractivity contribution in [2.45, 2.75) is 39.8 Å². The number of benzene rings is 2. The Balaban J connectivity index is 2.01. The van der Waals surface area contributed by atoms with E-state index in [1.807, 2.05) is 50.2 Å². The van der Waals surface area contributed by atoms with Gasteiger partial charge in [0.15, 0.2) is 0 Å². The van der Waals surface area contributed by atoms with Crippen molar-refractivity contribution in [1.82, 2.24) is 9.80 Å². The summed E-state index contributed by atoms with van der Waals surface area (Å²) in [6, 6.07) is 10.8. The van der Waals surface area contributed by atoms with Gasteiger partial charge in [-0.15, -0.1) is 0 Å². The molecule has 3 amide bonds. The van der Waals surface area contributed by atoms with E-state index in [4.69, 9.17) is 0 Å². The second-order valence-corrected chi connectivity index (χ2v) is 7.87. The van der Waals surface area contributed by atoms with Crippen molar-refractivity contribution in [2.24, 2.45) is 0 Å². The Morgan fingerprint density at radius 1 is 1.03 bits per heavy atom. The molecule has 0 aromatic heterocycles. The minimum absolute atomic E-state index is 0.0975. The molecule has 0 saturated carbocycles. The fraction of sp³-hybridized carbons (Fsp3) is 0.348. The molecule has 1 aliphatic heterocycles. The Bertz CT molecular complexity index is 981. The lowest BCUT2D eigenvalue weighted by Crippen LogP contribution is -2.52. The summed E-state index contributed by atoms with van der Waals surface area (Å²) < 4.78 is 0. The van der Waals surface area contributed by atoms with Crippen LogP contribution in [0.1, 0.15) is 39.5 Å². The van der Waals surface area contributed by atoms with E-state index in [9.17, 15) is 14.4 Å². The normalized spacial score (nSPS) is 15.5. The minimum atomic E-state index is -0.558. The number of hydrogen-bond donors (Lipinski definition) is 1. The van der Waals surface area contributed by atoms with E-state index in [1.165, 1.54) is 11.8 Å². The molecule has 0 aliphatic carbocycles. The fourth-order valence-corrected chi connectivity index (χ4v) is 3.81. The monoisotopic (exact) mass is 393 g/mol. The maximum Gasteiger partial charge on any atom is 0.255 e. The molecule has 1 aliphatic rings. The number of fused-ring (bicyclic) bond motifs is 1. The first-order valence-electron chi connectivity index (χ1n) is 9.66. The number of likely N-dealkylation sites (N-methyl/N-ethyl adjacent to an activating group) is 1. The first-order chi connectivity index (χ1) is 13.7. The van der Waals surface area contributed by atoms with Crippen LogP contribution in [-0.4, -0.2) is 47.7 Å². The van der Waals surface area contributed by atoms with E-state index in [0.29, 0.717) is 24.2 Å². The van der Waals surface area contributed by atoms with Crippen LogP contribution >= 0.6 is 0 Å². The third-order valence-electron chi connectivity index (χ3n) is 5.26. The van der Waals surface area contributed by atoms with E-state index in [-0.39, 0.29) is 17.7 Å². The SMILES string of the molecule is CC(=O)Nc1ccc2c(c1)CN(C(=O)c1ccc(C)cc1C)[C@@H](C(=O)N(C)C)C2. The number of nitrogens with zero attached hydrogens (tertiary/aromatic N) is 2. The molecule has 1 N–H and O–H groups in total. The molecule has 0 radical (unpaired) electrons. The Kier molecular flexibility index (Phi) is 5.73. The Morgan fingerprint density at radius 2 is 1.76 bits per heavy atom. The number of hydrogen-bond acceptors (Lipinski definition) is 3. The van der Waals surface area contributed by atoms with Crippen molar-refractivity contribution in [3.63, 3.8) is 0 Å². The number of nitrogens with one attached hydrogen (secondary N) is 1. The van der Waals surface area contributed by atoms with Crippen LogP contribution in [0, 0.1) is 13.8 Å². The quantitative estimate of drug-likeness (QED) is 0.872. The van der Waals surface area contributed by atoms with E-state index >= 15 is 0 Å². The van der Waals surface area contributed by atoms with Crippen molar-refractivity contribution < 1.29 is 14.4 Å². The molecule has 3 rings (SSSR count). The van der Waals surface area contributed by atoms with Crippen molar-refractivity contribution in [3.8, 4) is 0 Å². The van der Waals surface area contributed by atoms with Gasteiger partial charge in [-0.2, -0.15) is 0 Å². The molecule has 0 unspecified atom stereocenters. The molecule has 6 heteroatoms. The molecular formula is C23H27N3O3. The predicted octanol–water partition coefficient (Wildman–Crippen LogP) is 2.92. The van der Waals surface area contributed by atoms with E-state index in [2.05, 4.69) is 5.32 Å². The summed E-state index contributed by atoms with van der Waals surface area (Å²) in [6.45, 7) is 5.68. The number of amides is 3. The molecule has 0 spiro atoms. The van der Waals surface area contributed by atoms with Crippen LogP contribution in [0.2, 0.25) is 0 Å². The smallest absolute Gasteiger partial charge is 0.255 e. The Hall–Kier alpha value is -3.15. The van der Waals surface area contributed by atoms with Gasteiger partial charge in [0.05, 0.1) is 0 Å². The highest BCUT2D eigenvalue weighted by Crippen LogP contribution is 2.29. The van der Waals surface area contributed by atoms with Crippen LogP contribution in [0.25, 0.3) is 0 Å². The first-order valence-corrected chi connectivity index (χ1v) is 9.66. The molecule has 1 atom stereocenters. The summed E-state index contributed by atoms with van der Waals surface area (Å²) in [6.07, 6.45) is 0.448. The van der Waals surface area contributed by atoms with Gasteiger partial charge in [0, 0.05) is 45.2 Å². The zero-order valence-electron chi connectivity index (χ0n) is 17.6. The third kappa shape index (κ3) is 4.31. The van der Waals surface area contributed by atoms with E-state index < -0.39 is 6.04 Å². The summed E-state index contributed by atoms with van der Waals surface area (Å²) in [5, 5.41) is 2.78. The molecule has 29 heavy (non-hydrogen) atoms. The van der Waals surface area contributed by atoms with Crippen LogP contribution < -0.4 is 5.32 Å². The number of carbonyl (C=O) groups excluding carboxylic acids is 3. The summed E-state index contributed by atoms with van der Waals surface area (Å²) in [5.74, 6) is -0.400. The molecule has 2 aromatic rings. The van der Waals surface area contributed by atoms with Gasteiger partial charge in [-0.25, -0.2) is 0 Å². The van der Waals surface area contributed by atoms with Crippen molar-refractivity contribution in [2.75, 3.05) is 19.4 Å². The van der Waals surface area contributed by atoms with Crippen LogP contribution in [0.4, 0.5) is 5.69 Å². The number of anilines is 1. The van der Waals surface area contributed by atoms with Crippen molar-refractivity contribution in [3.05, 3.63) is 64.2 Å². The lowest BCUT2D eigenvalue weighted by molar-refractivity contribution is -0.134. The topological polar surface area (TPSA) is 69.7 Å². The molecule has 0 bridgehead atoms. The lowest BCUT2D eigenvalue weighted by atomic mass is 9.91. The summed E-state index contributed by atoms with van der Waals surface area (Å²) in [4.78, 5) is 40.9. The number of carbonyl (C=O) groups is 3. The maximum atomic E-state index is 13.4. The highest BCUT2D eigenvalue weighted by molar-refractivity contribution is 5.99. The standard InChI is InChI=1S/C23H27N3O3/c1-14-6-9-20(15(2)10-14)22(28)26-13-18-11-19(24-16(3)27)8-7-17(18)12-21(26)23(29)25(4)5/h6-11,21H,12-13H2,1-5H3,(H,24,27)/t21-/m1/s1. The molecule has 1 heterocycles. The Morgan fingerprint density at radius 3 is 2.38 bits per heavy atom. The van der Waals surface area contributed by atoms with Gasteiger partial charge in [0.2, 0.25) is 11.8 Å². The lowest BCUT2D eigenvalue weighted by Gasteiger charge is -2.37. The minimum Gasteiger partial charge on any atom is -0.347 e. The highest BCUT2D eigenvalue weighted by Gasteiger charge is 2.36. The average molecular weight is 393 g/mol. The molecular weight excluding hydrogens is 366 g/mol. The van der Waals surface area contributed by atoms with Crippen molar-refractivity contribution >= 4 is 23.4 Å². The van der Waals surface area contributed by atoms with E-state index in [0.717, 1.165) is 22.3 Å². The second kappa shape index (κ2) is 8.07. The van der Waals surface area contributed by atoms with Crippen LogP contribution in [-0.2, 0) is 22.6 Å². The zero-order valence-corrected chi connectivity index (χ0v) is 17.6. The molecule has 6 nitrogen and oxygen atoms in total. The number of aryl methyl sites for hydroxylation is 2. The molecule has 0 fully saturated rings. The molecule has 152 valence electrons. The fourth-order valence-electron chi connectivity index (χ4n) is 3.81. The molecule has 0 saturated heterocycles. The number of rotatable bonds is 3. The van der Waals surface area contributed by atoms with Gasteiger partial charge in [-0.3, -0.25) is 14.4 Å². The highest BCUT2D eigenvalue weighted by atomic mass is 16.2. The van der Waals surface area contributed by atoms with Gasteiger partial charge in [-0.05, 0) is 48.7 Å². The van der Waals surface area contributed by atoms with Crippen molar-refractivity contribution in [1.29, 1.82) is 0 Å². The summed E-state index contributed by atoms with van der Waals surface area (Å²) >= 11 is 0. The molecule has 2 aromatic carbocycles. The van der Waals surface area contributed by atoms with Gasteiger partial charge >= 0.3 is 0 Å². The van der Waals surface area contributed by atoms with Gasteiger partial charge < -0.3 is 15.1 Å². The first kappa shape index (κ1) is 20.6. The van der Waals surface area contributed by atoms with Crippen LogP contribution in [0.5, 0.6) is 0 Å². The Labute approximate surface area is 171 Å². The van der Waals surface area contributed by atoms with E-state index in [1.54, 1.807) is 19.0 Å². The van der Waals surface area contributed by atoms with Gasteiger partial charge in [0.1, 0.15) is 6.04 Å². The second-order valence-electron chi connectivity index (χ2n) is 7.87.